The van der Waals surface area contributed by atoms with E-state index in [2.05, 4.69) is 31.9 Å². The zero-order chi connectivity index (χ0) is 11.1. The van der Waals surface area contributed by atoms with Gasteiger partial charge in [-0.1, -0.05) is 20.8 Å². The zero-order valence-corrected chi connectivity index (χ0v) is 11.4. The highest BCUT2D eigenvalue weighted by Crippen LogP contribution is 2.44. The Kier molecular flexibility index (Phi) is 3.17. The normalized spacial score (nSPS) is 11.8. The van der Waals surface area contributed by atoms with Crippen LogP contribution >= 0.6 is 31.9 Å². The zero-order valence-electron chi connectivity index (χ0n) is 8.23. The molecule has 1 rings (SSSR count). The van der Waals surface area contributed by atoms with E-state index in [1.807, 2.05) is 20.8 Å². The highest BCUT2D eigenvalue weighted by Gasteiger charge is 2.22. The smallest absolute Gasteiger partial charge is 0.147 e. The Hall–Kier alpha value is -0.220. The van der Waals surface area contributed by atoms with Crippen LogP contribution in [0.1, 0.15) is 26.3 Å². The number of hydrogen-bond acceptors (Lipinski definition) is 2. The molecule has 2 nitrogen and oxygen atoms in total. The van der Waals surface area contributed by atoms with Crippen LogP contribution < -0.4 is 0 Å². The molecule has 0 aromatic heterocycles. The van der Waals surface area contributed by atoms with E-state index in [0.717, 1.165) is 5.56 Å². The van der Waals surface area contributed by atoms with Crippen LogP contribution in [0.2, 0.25) is 0 Å². The first-order valence-electron chi connectivity index (χ1n) is 4.15. The Morgan fingerprint density at radius 3 is 2.00 bits per heavy atom. The molecular weight excluding hydrogens is 312 g/mol. The van der Waals surface area contributed by atoms with Gasteiger partial charge in [-0.2, -0.15) is 0 Å². The molecule has 14 heavy (non-hydrogen) atoms. The van der Waals surface area contributed by atoms with Gasteiger partial charge in [-0.25, -0.2) is 0 Å². The first-order chi connectivity index (χ1) is 6.25. The fourth-order valence-corrected chi connectivity index (χ4v) is 2.29. The number of rotatable bonds is 0. The molecule has 0 bridgehead atoms. The van der Waals surface area contributed by atoms with E-state index in [-0.39, 0.29) is 16.9 Å². The molecule has 0 aliphatic rings. The molecule has 0 amide bonds. The summed E-state index contributed by atoms with van der Waals surface area (Å²) in [6.07, 6.45) is 0. The molecule has 0 aliphatic heterocycles. The summed E-state index contributed by atoms with van der Waals surface area (Å²) in [6, 6.07) is 1.73. The van der Waals surface area contributed by atoms with Gasteiger partial charge in [0.15, 0.2) is 0 Å². The van der Waals surface area contributed by atoms with Gasteiger partial charge in [0.2, 0.25) is 0 Å². The number of hydrogen-bond donors (Lipinski definition) is 2. The molecule has 0 heterocycles. The lowest BCUT2D eigenvalue weighted by molar-refractivity contribution is 0.424. The number of benzene rings is 1. The van der Waals surface area contributed by atoms with Gasteiger partial charge in [-0.15, -0.1) is 0 Å². The van der Waals surface area contributed by atoms with Gasteiger partial charge >= 0.3 is 0 Å². The van der Waals surface area contributed by atoms with Crippen molar-refractivity contribution in [2.24, 2.45) is 0 Å². The quantitative estimate of drug-likeness (QED) is 0.759. The molecule has 4 heteroatoms. The minimum Gasteiger partial charge on any atom is -0.506 e. The Morgan fingerprint density at radius 1 is 1.07 bits per heavy atom. The van der Waals surface area contributed by atoms with Crippen molar-refractivity contribution in [3.05, 3.63) is 20.6 Å². The lowest BCUT2D eigenvalue weighted by Gasteiger charge is -2.22. The van der Waals surface area contributed by atoms with Crippen LogP contribution in [-0.4, -0.2) is 10.2 Å². The molecule has 78 valence electrons. The summed E-state index contributed by atoms with van der Waals surface area (Å²) in [5, 5.41) is 19.3. The molecule has 0 aliphatic carbocycles. The standard InChI is InChI=1S/C10H12Br2O2/c1-10(2,3)5-4-6(11)9(14)7(12)8(5)13/h4,13-14H,1-3H3. The molecule has 2 N–H and O–H groups in total. The highest BCUT2D eigenvalue weighted by atomic mass is 79.9. The van der Waals surface area contributed by atoms with E-state index in [1.165, 1.54) is 0 Å². The first kappa shape index (κ1) is 11.9. The SMILES string of the molecule is CC(C)(C)c1cc(Br)c(O)c(Br)c1O. The van der Waals surface area contributed by atoms with E-state index >= 15 is 0 Å². The topological polar surface area (TPSA) is 40.5 Å². The lowest BCUT2D eigenvalue weighted by atomic mass is 9.86. The van der Waals surface area contributed by atoms with E-state index in [1.54, 1.807) is 6.07 Å². The minimum atomic E-state index is -0.164. The monoisotopic (exact) mass is 322 g/mol. The summed E-state index contributed by atoms with van der Waals surface area (Å²) in [6.45, 7) is 5.99. The van der Waals surface area contributed by atoms with Gasteiger partial charge in [0.05, 0.1) is 4.47 Å². The van der Waals surface area contributed by atoms with Gasteiger partial charge in [0.25, 0.3) is 0 Å². The van der Waals surface area contributed by atoms with Crippen molar-refractivity contribution in [1.82, 2.24) is 0 Å². The second-order valence-electron chi connectivity index (χ2n) is 4.17. The summed E-state index contributed by atoms with van der Waals surface area (Å²) in [4.78, 5) is 0. The Morgan fingerprint density at radius 2 is 1.57 bits per heavy atom. The van der Waals surface area contributed by atoms with Crippen molar-refractivity contribution in [2.75, 3.05) is 0 Å². The Labute approximate surface area is 100 Å². The molecule has 1 aromatic carbocycles. The number of aromatic hydroxyl groups is 2. The second kappa shape index (κ2) is 3.74. The third-order valence-corrected chi connectivity index (χ3v) is 3.33. The molecule has 0 spiro atoms. The number of halogens is 2. The lowest BCUT2D eigenvalue weighted by Crippen LogP contribution is -2.11. The molecule has 0 atom stereocenters. The average molecular weight is 324 g/mol. The van der Waals surface area contributed by atoms with Crippen molar-refractivity contribution in [3.63, 3.8) is 0 Å². The van der Waals surface area contributed by atoms with Crippen molar-refractivity contribution in [3.8, 4) is 11.5 Å². The van der Waals surface area contributed by atoms with Crippen molar-refractivity contribution in [1.29, 1.82) is 0 Å². The van der Waals surface area contributed by atoms with Crippen LogP contribution in [0.15, 0.2) is 15.0 Å². The summed E-state index contributed by atoms with van der Waals surface area (Å²) in [7, 11) is 0. The van der Waals surface area contributed by atoms with Gasteiger partial charge < -0.3 is 10.2 Å². The third kappa shape index (κ3) is 2.06. The molecular formula is C10H12Br2O2. The summed E-state index contributed by atoms with van der Waals surface area (Å²) >= 11 is 6.38. The highest BCUT2D eigenvalue weighted by molar-refractivity contribution is 9.11. The minimum absolute atomic E-state index is 0.0236. The van der Waals surface area contributed by atoms with E-state index in [0.29, 0.717) is 8.95 Å². The fourth-order valence-electron chi connectivity index (χ4n) is 1.17. The molecule has 0 unspecified atom stereocenters. The van der Waals surface area contributed by atoms with Gasteiger partial charge in [0, 0.05) is 5.56 Å². The van der Waals surface area contributed by atoms with Crippen molar-refractivity contribution >= 4 is 31.9 Å². The van der Waals surface area contributed by atoms with E-state index < -0.39 is 0 Å². The van der Waals surface area contributed by atoms with Gasteiger partial charge in [-0.3, -0.25) is 0 Å². The average Bonchev–Trinajstić information content (AvgIpc) is 2.06. The molecule has 1 aromatic rings. The predicted molar refractivity (Wildman–Crippen MR) is 63.9 cm³/mol. The van der Waals surface area contributed by atoms with Crippen LogP contribution in [0.4, 0.5) is 0 Å². The number of phenols is 2. The Bertz CT molecular complexity index is 367. The largest absolute Gasteiger partial charge is 0.506 e. The van der Waals surface area contributed by atoms with Crippen molar-refractivity contribution in [2.45, 2.75) is 26.2 Å². The van der Waals surface area contributed by atoms with Crippen LogP contribution in [0.3, 0.4) is 0 Å². The van der Waals surface area contributed by atoms with Crippen molar-refractivity contribution < 1.29 is 10.2 Å². The molecule has 0 fully saturated rings. The first-order valence-corrected chi connectivity index (χ1v) is 5.74. The van der Waals surface area contributed by atoms with Gasteiger partial charge in [-0.05, 0) is 43.3 Å². The molecule has 0 saturated carbocycles. The maximum atomic E-state index is 9.81. The number of phenolic OH excluding ortho intramolecular Hbond substituents is 2. The van der Waals surface area contributed by atoms with Gasteiger partial charge in [0.1, 0.15) is 16.0 Å². The van der Waals surface area contributed by atoms with Crippen LogP contribution in [0.25, 0.3) is 0 Å². The van der Waals surface area contributed by atoms with Crippen LogP contribution in [-0.2, 0) is 5.41 Å². The molecule has 0 radical (unpaired) electrons. The predicted octanol–water partition coefficient (Wildman–Crippen LogP) is 3.92. The van der Waals surface area contributed by atoms with Crippen LogP contribution in [0, 0.1) is 0 Å². The van der Waals surface area contributed by atoms with E-state index in [4.69, 9.17) is 0 Å². The fraction of sp³-hybridized carbons (Fsp3) is 0.400. The van der Waals surface area contributed by atoms with E-state index in [9.17, 15) is 10.2 Å². The maximum absolute atomic E-state index is 9.81. The summed E-state index contributed by atoms with van der Waals surface area (Å²) in [5.74, 6) is 0.119. The second-order valence-corrected chi connectivity index (χ2v) is 5.81. The maximum Gasteiger partial charge on any atom is 0.147 e. The summed E-state index contributed by atoms with van der Waals surface area (Å²) < 4.78 is 0.906. The van der Waals surface area contributed by atoms with Crippen LogP contribution in [0.5, 0.6) is 11.5 Å². The Balaban J connectivity index is 3.49. The molecule has 0 saturated heterocycles. The third-order valence-electron chi connectivity index (χ3n) is 1.98. The summed E-state index contributed by atoms with van der Waals surface area (Å²) in [5.41, 5.74) is 0.622.